The molecule has 1 aromatic heterocycles. The van der Waals surface area contributed by atoms with Gasteiger partial charge >= 0.3 is 6.18 Å². The minimum Gasteiger partial charge on any atom is -0.325 e. The van der Waals surface area contributed by atoms with E-state index in [0.29, 0.717) is 23.9 Å². The van der Waals surface area contributed by atoms with Gasteiger partial charge < -0.3 is 9.88 Å². The summed E-state index contributed by atoms with van der Waals surface area (Å²) in [5.74, 6) is 0.531. The molecular weight excluding hydrogens is 463 g/mol. The highest BCUT2D eigenvalue weighted by molar-refractivity contribution is 8.00. The summed E-state index contributed by atoms with van der Waals surface area (Å²) in [5, 5.41) is 11.6. The van der Waals surface area contributed by atoms with Gasteiger partial charge in [-0.05, 0) is 62.7 Å². The smallest absolute Gasteiger partial charge is 0.325 e. The van der Waals surface area contributed by atoms with Gasteiger partial charge in [-0.3, -0.25) is 9.69 Å². The van der Waals surface area contributed by atoms with Crippen molar-refractivity contribution in [3.63, 3.8) is 0 Å². The van der Waals surface area contributed by atoms with E-state index in [1.807, 2.05) is 34.9 Å². The lowest BCUT2D eigenvalue weighted by atomic mass is 10.2. The number of amides is 1. The van der Waals surface area contributed by atoms with Crippen molar-refractivity contribution in [3.05, 3.63) is 71.5 Å². The van der Waals surface area contributed by atoms with E-state index in [9.17, 15) is 18.0 Å². The lowest BCUT2D eigenvalue weighted by Gasteiger charge is -2.17. The first-order valence-corrected chi connectivity index (χ1v) is 12.0. The second kappa shape index (κ2) is 10.6. The topological polar surface area (TPSA) is 63.1 Å². The fourth-order valence-corrected chi connectivity index (χ4v) is 4.65. The molecule has 10 heteroatoms. The fraction of sp³-hybridized carbons (Fsp3) is 0.375. The molecule has 2 heterocycles. The van der Waals surface area contributed by atoms with E-state index in [-0.39, 0.29) is 5.91 Å². The van der Waals surface area contributed by atoms with Gasteiger partial charge in [0, 0.05) is 5.69 Å². The molecule has 34 heavy (non-hydrogen) atoms. The predicted octanol–water partition coefficient (Wildman–Crippen LogP) is 5.06. The third-order valence-electron chi connectivity index (χ3n) is 5.67. The van der Waals surface area contributed by atoms with Crippen molar-refractivity contribution in [1.82, 2.24) is 19.7 Å². The van der Waals surface area contributed by atoms with Crippen LogP contribution in [0, 0.1) is 0 Å². The standard InChI is InChI=1S/C24H26F3N5OS/c1-17(22(33)28-20-11-9-19(10-12-20)24(25,26)27)34-23-30-29-21(16-31-13-5-6-14-31)32(23)15-18-7-3-2-4-8-18/h2-4,7-12,17H,5-6,13-16H2,1H3,(H,28,33)/t17-/m1/s1. The highest BCUT2D eigenvalue weighted by Crippen LogP contribution is 2.30. The van der Waals surface area contributed by atoms with E-state index >= 15 is 0 Å². The zero-order chi connectivity index (χ0) is 24.1. The Labute approximate surface area is 200 Å². The number of nitrogens with one attached hydrogen (secondary N) is 1. The second-order valence-electron chi connectivity index (χ2n) is 8.28. The molecule has 0 unspecified atom stereocenters. The Morgan fingerprint density at radius 3 is 2.35 bits per heavy atom. The number of thioether (sulfide) groups is 1. The van der Waals surface area contributed by atoms with Gasteiger partial charge in [-0.25, -0.2) is 0 Å². The number of anilines is 1. The molecule has 1 atom stereocenters. The van der Waals surface area contributed by atoms with Crippen molar-refractivity contribution in [2.24, 2.45) is 0 Å². The Kier molecular flexibility index (Phi) is 7.57. The summed E-state index contributed by atoms with van der Waals surface area (Å²) in [5.41, 5.74) is 0.659. The van der Waals surface area contributed by atoms with Crippen LogP contribution in [0.2, 0.25) is 0 Å². The van der Waals surface area contributed by atoms with Gasteiger partial charge in [0.15, 0.2) is 5.16 Å². The Balaban J connectivity index is 1.46. The Hall–Kier alpha value is -2.85. The maximum Gasteiger partial charge on any atom is 0.416 e. The molecule has 0 bridgehead atoms. The van der Waals surface area contributed by atoms with Crippen molar-refractivity contribution in [2.45, 2.75) is 49.4 Å². The average molecular weight is 490 g/mol. The third-order valence-corrected chi connectivity index (χ3v) is 6.75. The van der Waals surface area contributed by atoms with E-state index in [1.54, 1.807) is 6.92 Å². The molecular formula is C24H26F3N5OS. The first-order valence-electron chi connectivity index (χ1n) is 11.1. The molecule has 180 valence electrons. The van der Waals surface area contributed by atoms with Crippen LogP contribution in [-0.4, -0.2) is 43.9 Å². The normalized spacial score (nSPS) is 15.4. The lowest BCUT2D eigenvalue weighted by molar-refractivity contribution is -0.137. The summed E-state index contributed by atoms with van der Waals surface area (Å²) >= 11 is 1.28. The summed E-state index contributed by atoms with van der Waals surface area (Å²) in [7, 11) is 0. The van der Waals surface area contributed by atoms with Crippen LogP contribution in [-0.2, 0) is 24.1 Å². The van der Waals surface area contributed by atoms with E-state index in [1.165, 1.54) is 36.7 Å². The molecule has 0 saturated carbocycles. The largest absolute Gasteiger partial charge is 0.416 e. The van der Waals surface area contributed by atoms with Crippen LogP contribution >= 0.6 is 11.8 Å². The number of hydrogen-bond acceptors (Lipinski definition) is 5. The number of benzene rings is 2. The molecule has 0 spiro atoms. The van der Waals surface area contributed by atoms with Crippen LogP contribution in [0.25, 0.3) is 0 Å². The quantitative estimate of drug-likeness (QED) is 0.448. The van der Waals surface area contributed by atoms with Crippen LogP contribution in [0.15, 0.2) is 59.8 Å². The number of hydrogen-bond donors (Lipinski definition) is 1. The van der Waals surface area contributed by atoms with Crippen molar-refractivity contribution in [1.29, 1.82) is 0 Å². The summed E-state index contributed by atoms with van der Waals surface area (Å²) in [6.45, 7) is 5.10. The molecule has 1 fully saturated rings. The van der Waals surface area contributed by atoms with Crippen LogP contribution in [0.3, 0.4) is 0 Å². The maximum absolute atomic E-state index is 12.8. The van der Waals surface area contributed by atoms with E-state index in [2.05, 4.69) is 20.4 Å². The minimum atomic E-state index is -4.42. The van der Waals surface area contributed by atoms with Crippen molar-refractivity contribution >= 4 is 23.4 Å². The summed E-state index contributed by atoms with van der Waals surface area (Å²) in [6, 6.07) is 14.4. The summed E-state index contributed by atoms with van der Waals surface area (Å²) in [4.78, 5) is 15.1. The number of rotatable bonds is 8. The molecule has 0 aliphatic carbocycles. The van der Waals surface area contributed by atoms with E-state index in [0.717, 1.165) is 36.6 Å². The molecule has 6 nitrogen and oxygen atoms in total. The average Bonchev–Trinajstić information content (AvgIpc) is 3.45. The first kappa shape index (κ1) is 24.3. The summed E-state index contributed by atoms with van der Waals surface area (Å²) in [6.07, 6.45) is -2.06. The number of alkyl halides is 3. The predicted molar refractivity (Wildman–Crippen MR) is 125 cm³/mol. The van der Waals surface area contributed by atoms with Crippen LogP contribution in [0.5, 0.6) is 0 Å². The van der Waals surface area contributed by atoms with Crippen molar-refractivity contribution in [3.8, 4) is 0 Å². The summed E-state index contributed by atoms with van der Waals surface area (Å²) < 4.78 is 40.3. The molecule has 1 saturated heterocycles. The molecule has 1 aliphatic rings. The molecule has 1 amide bonds. The number of halogens is 3. The minimum absolute atomic E-state index is 0.311. The van der Waals surface area contributed by atoms with Gasteiger partial charge in [0.2, 0.25) is 5.91 Å². The lowest BCUT2D eigenvalue weighted by Crippen LogP contribution is -2.24. The van der Waals surface area contributed by atoms with Crippen LogP contribution in [0.1, 0.15) is 36.7 Å². The number of likely N-dealkylation sites (tertiary alicyclic amines) is 1. The number of carbonyl (C=O) groups is 1. The highest BCUT2D eigenvalue weighted by Gasteiger charge is 2.30. The molecule has 1 N–H and O–H groups in total. The van der Waals surface area contributed by atoms with E-state index in [4.69, 9.17) is 0 Å². The van der Waals surface area contributed by atoms with Crippen molar-refractivity contribution in [2.75, 3.05) is 18.4 Å². The Morgan fingerprint density at radius 1 is 1.03 bits per heavy atom. The van der Waals surface area contributed by atoms with E-state index < -0.39 is 17.0 Å². The molecule has 3 aromatic rings. The van der Waals surface area contributed by atoms with Crippen LogP contribution < -0.4 is 5.32 Å². The number of nitrogens with zero attached hydrogens (tertiary/aromatic N) is 4. The zero-order valence-electron chi connectivity index (χ0n) is 18.8. The number of aromatic nitrogens is 3. The fourth-order valence-electron chi connectivity index (χ4n) is 3.79. The molecule has 1 aliphatic heterocycles. The van der Waals surface area contributed by atoms with Gasteiger partial charge in [0.25, 0.3) is 0 Å². The van der Waals surface area contributed by atoms with Crippen LogP contribution in [0.4, 0.5) is 18.9 Å². The van der Waals surface area contributed by atoms with Gasteiger partial charge in [-0.2, -0.15) is 13.2 Å². The maximum atomic E-state index is 12.8. The molecule has 2 aromatic carbocycles. The van der Waals surface area contributed by atoms with Gasteiger partial charge in [0.05, 0.1) is 23.9 Å². The highest BCUT2D eigenvalue weighted by atomic mass is 32.2. The number of carbonyl (C=O) groups excluding carboxylic acids is 1. The Morgan fingerprint density at radius 2 is 1.71 bits per heavy atom. The van der Waals surface area contributed by atoms with Gasteiger partial charge in [0.1, 0.15) is 5.82 Å². The second-order valence-corrected chi connectivity index (χ2v) is 9.59. The molecule has 4 rings (SSSR count). The van der Waals surface area contributed by atoms with Gasteiger partial charge in [-0.15, -0.1) is 10.2 Å². The first-order chi connectivity index (χ1) is 16.3. The Bertz CT molecular complexity index is 1100. The monoisotopic (exact) mass is 489 g/mol. The molecule has 0 radical (unpaired) electrons. The third kappa shape index (κ3) is 6.18. The zero-order valence-corrected chi connectivity index (χ0v) is 19.6. The van der Waals surface area contributed by atoms with Gasteiger partial charge in [-0.1, -0.05) is 42.1 Å². The SMILES string of the molecule is C[C@@H](Sc1nnc(CN2CCCC2)n1Cc1ccccc1)C(=O)Nc1ccc(C(F)(F)F)cc1. The van der Waals surface area contributed by atoms with Crippen molar-refractivity contribution < 1.29 is 18.0 Å².